The quantitative estimate of drug-likeness (QED) is 0.710. The fourth-order valence-electron chi connectivity index (χ4n) is 1.87. The lowest BCUT2D eigenvalue weighted by atomic mass is 10.2. The van der Waals surface area contributed by atoms with Crippen LogP contribution in [0.25, 0.3) is 10.9 Å². The Morgan fingerprint density at radius 1 is 1.11 bits per heavy atom. The number of ether oxygens (including phenoxy) is 1. The molecule has 0 unspecified atom stereocenters. The molecule has 0 amide bonds. The van der Waals surface area contributed by atoms with E-state index in [0.717, 1.165) is 22.3 Å². The summed E-state index contributed by atoms with van der Waals surface area (Å²) in [5.74, 6) is 1.26. The highest BCUT2D eigenvalue weighted by Gasteiger charge is 2.04. The van der Waals surface area contributed by atoms with Crippen LogP contribution in [-0.4, -0.2) is 9.97 Å². The van der Waals surface area contributed by atoms with E-state index >= 15 is 0 Å². The first-order chi connectivity index (χ1) is 9.22. The molecular weight excluding hydrogens is 238 g/mol. The minimum Gasteiger partial charge on any atom is -0.437 e. The number of fused-ring (bicyclic) bond motifs is 1. The maximum absolute atomic E-state index is 5.74. The Morgan fingerprint density at radius 3 is 2.84 bits per heavy atom. The van der Waals surface area contributed by atoms with Gasteiger partial charge in [-0.1, -0.05) is 0 Å². The van der Waals surface area contributed by atoms with E-state index in [1.807, 2.05) is 49.4 Å². The predicted molar refractivity (Wildman–Crippen MR) is 75.2 cm³/mol. The number of aromatic nitrogens is 2. The lowest BCUT2D eigenvalue weighted by Crippen LogP contribution is -1.92. The average molecular weight is 251 g/mol. The van der Waals surface area contributed by atoms with E-state index in [1.54, 1.807) is 6.20 Å². The number of aryl methyl sites for hydroxylation is 1. The van der Waals surface area contributed by atoms with Crippen molar-refractivity contribution < 1.29 is 4.74 Å². The molecular formula is C15H13N3O. The topological polar surface area (TPSA) is 61.0 Å². The van der Waals surface area contributed by atoms with E-state index < -0.39 is 0 Å². The van der Waals surface area contributed by atoms with Gasteiger partial charge in [0.05, 0.1) is 11.2 Å². The third kappa shape index (κ3) is 2.33. The van der Waals surface area contributed by atoms with Crippen LogP contribution in [0.2, 0.25) is 0 Å². The fourth-order valence-corrected chi connectivity index (χ4v) is 1.87. The molecule has 0 saturated carbocycles. The van der Waals surface area contributed by atoms with Crippen LogP contribution in [0.1, 0.15) is 5.69 Å². The molecule has 19 heavy (non-hydrogen) atoms. The van der Waals surface area contributed by atoms with E-state index in [2.05, 4.69) is 9.97 Å². The van der Waals surface area contributed by atoms with E-state index in [0.29, 0.717) is 11.6 Å². The van der Waals surface area contributed by atoms with E-state index in [4.69, 9.17) is 10.5 Å². The molecule has 0 bridgehead atoms. The smallest absolute Gasteiger partial charge is 0.219 e. The first-order valence-electron chi connectivity index (χ1n) is 5.98. The minimum absolute atomic E-state index is 0.549. The summed E-state index contributed by atoms with van der Waals surface area (Å²) in [5.41, 5.74) is 8.16. The van der Waals surface area contributed by atoms with Crippen LogP contribution in [0.4, 0.5) is 5.69 Å². The van der Waals surface area contributed by atoms with E-state index in [1.165, 1.54) is 0 Å². The molecule has 0 aliphatic heterocycles. The van der Waals surface area contributed by atoms with Crippen LogP contribution in [0.3, 0.4) is 0 Å². The molecule has 2 aromatic heterocycles. The maximum atomic E-state index is 5.74. The zero-order chi connectivity index (χ0) is 13.2. The van der Waals surface area contributed by atoms with Gasteiger partial charge in [0.25, 0.3) is 0 Å². The molecule has 3 rings (SSSR count). The Labute approximate surface area is 110 Å². The zero-order valence-corrected chi connectivity index (χ0v) is 10.5. The Balaban J connectivity index is 1.98. The van der Waals surface area contributed by atoms with Crippen molar-refractivity contribution in [2.45, 2.75) is 6.92 Å². The number of nitrogens with zero attached hydrogens (tertiary/aromatic N) is 2. The fraction of sp³-hybridized carbons (Fsp3) is 0.0667. The highest BCUT2D eigenvalue weighted by molar-refractivity contribution is 5.82. The number of hydrogen-bond acceptors (Lipinski definition) is 4. The van der Waals surface area contributed by atoms with Crippen molar-refractivity contribution in [1.82, 2.24) is 9.97 Å². The molecule has 2 N–H and O–H groups in total. The average Bonchev–Trinajstić information content (AvgIpc) is 2.41. The van der Waals surface area contributed by atoms with Crippen molar-refractivity contribution in [3.8, 4) is 11.6 Å². The second-order valence-corrected chi connectivity index (χ2v) is 4.29. The lowest BCUT2D eigenvalue weighted by Gasteiger charge is -2.07. The normalized spacial score (nSPS) is 10.6. The van der Waals surface area contributed by atoms with Gasteiger partial charge >= 0.3 is 0 Å². The van der Waals surface area contributed by atoms with Crippen molar-refractivity contribution in [1.29, 1.82) is 0 Å². The van der Waals surface area contributed by atoms with Crippen LogP contribution in [0.5, 0.6) is 11.6 Å². The van der Waals surface area contributed by atoms with Crippen molar-refractivity contribution in [3.05, 3.63) is 54.4 Å². The second-order valence-electron chi connectivity index (χ2n) is 4.29. The van der Waals surface area contributed by atoms with Crippen molar-refractivity contribution in [3.63, 3.8) is 0 Å². The third-order valence-corrected chi connectivity index (χ3v) is 2.86. The van der Waals surface area contributed by atoms with Gasteiger partial charge in [0.2, 0.25) is 5.88 Å². The number of benzene rings is 1. The predicted octanol–water partition coefficient (Wildman–Crippen LogP) is 3.31. The number of rotatable bonds is 2. The molecule has 94 valence electrons. The van der Waals surface area contributed by atoms with Crippen LogP contribution in [0.15, 0.2) is 48.7 Å². The number of pyridine rings is 2. The molecule has 4 heteroatoms. The number of hydrogen-bond donors (Lipinski definition) is 1. The Kier molecular flexibility index (Phi) is 2.76. The molecule has 0 aliphatic carbocycles. The number of nitrogen functional groups attached to an aromatic ring is 1. The summed E-state index contributed by atoms with van der Waals surface area (Å²) in [6.45, 7) is 1.90. The molecule has 0 radical (unpaired) electrons. The van der Waals surface area contributed by atoms with Gasteiger partial charge in [-0.15, -0.1) is 0 Å². The van der Waals surface area contributed by atoms with Crippen molar-refractivity contribution in [2.75, 3.05) is 5.73 Å². The number of nitrogens with two attached hydrogens (primary N) is 1. The highest BCUT2D eigenvalue weighted by Crippen LogP contribution is 2.24. The molecule has 0 atom stereocenters. The zero-order valence-electron chi connectivity index (χ0n) is 10.5. The molecule has 0 aliphatic rings. The largest absolute Gasteiger partial charge is 0.437 e. The van der Waals surface area contributed by atoms with Gasteiger partial charge in [0.1, 0.15) is 0 Å². The van der Waals surface area contributed by atoms with Gasteiger partial charge in [0.15, 0.2) is 5.75 Å². The summed E-state index contributed by atoms with van der Waals surface area (Å²) < 4.78 is 5.74. The van der Waals surface area contributed by atoms with Gasteiger partial charge in [-0.2, -0.15) is 0 Å². The van der Waals surface area contributed by atoms with Gasteiger partial charge in [-0.25, -0.2) is 4.98 Å². The molecule has 4 nitrogen and oxygen atoms in total. The number of anilines is 1. The summed E-state index contributed by atoms with van der Waals surface area (Å²) in [6, 6.07) is 13.1. The summed E-state index contributed by atoms with van der Waals surface area (Å²) in [6.07, 6.45) is 1.73. The first kappa shape index (κ1) is 11.5. The summed E-state index contributed by atoms with van der Waals surface area (Å²) in [4.78, 5) is 8.63. The summed E-state index contributed by atoms with van der Waals surface area (Å²) in [5, 5.41) is 0.996. The first-order valence-corrected chi connectivity index (χ1v) is 5.98. The Bertz CT molecular complexity index is 740. The molecule has 2 heterocycles. The molecule has 3 aromatic rings. The lowest BCUT2D eigenvalue weighted by molar-refractivity contribution is 0.459. The summed E-state index contributed by atoms with van der Waals surface area (Å²) >= 11 is 0. The molecule has 1 aromatic carbocycles. The maximum Gasteiger partial charge on any atom is 0.219 e. The van der Waals surface area contributed by atoms with Crippen LogP contribution in [0, 0.1) is 6.92 Å². The van der Waals surface area contributed by atoms with Crippen LogP contribution in [-0.2, 0) is 0 Å². The van der Waals surface area contributed by atoms with Gasteiger partial charge < -0.3 is 10.5 Å². The SMILES string of the molecule is Cc1ncccc1Oc1ccc2cc(N)ccc2n1. The molecule has 0 fully saturated rings. The molecule has 0 spiro atoms. The highest BCUT2D eigenvalue weighted by atomic mass is 16.5. The summed E-state index contributed by atoms with van der Waals surface area (Å²) in [7, 11) is 0. The van der Waals surface area contributed by atoms with E-state index in [9.17, 15) is 0 Å². The van der Waals surface area contributed by atoms with Crippen molar-refractivity contribution in [2.24, 2.45) is 0 Å². The second kappa shape index (κ2) is 4.57. The van der Waals surface area contributed by atoms with E-state index in [-0.39, 0.29) is 0 Å². The van der Waals surface area contributed by atoms with Gasteiger partial charge in [0, 0.05) is 23.3 Å². The van der Waals surface area contributed by atoms with Crippen LogP contribution >= 0.6 is 0 Å². The third-order valence-electron chi connectivity index (χ3n) is 2.86. The standard InChI is InChI=1S/C15H13N3O/c1-10-14(3-2-8-17-10)19-15-7-4-11-9-12(16)5-6-13(11)18-15/h2-9H,16H2,1H3. The Morgan fingerprint density at radius 2 is 2.00 bits per heavy atom. The molecule has 0 saturated heterocycles. The Hall–Kier alpha value is -2.62. The van der Waals surface area contributed by atoms with Gasteiger partial charge in [-0.3, -0.25) is 4.98 Å². The van der Waals surface area contributed by atoms with Gasteiger partial charge in [-0.05, 0) is 43.3 Å². The van der Waals surface area contributed by atoms with Crippen molar-refractivity contribution >= 4 is 16.6 Å². The van der Waals surface area contributed by atoms with Crippen LogP contribution < -0.4 is 10.5 Å². The monoisotopic (exact) mass is 251 g/mol. The minimum atomic E-state index is 0.549.